The lowest BCUT2D eigenvalue weighted by atomic mass is 9.78. The molecule has 0 amide bonds. The molecule has 0 spiro atoms. The van der Waals surface area contributed by atoms with Crippen molar-refractivity contribution in [2.75, 3.05) is 13.1 Å². The number of hydrogen-bond donors (Lipinski definition) is 0. The van der Waals surface area contributed by atoms with E-state index in [9.17, 15) is 4.79 Å². The topological polar surface area (TPSA) is 29.5 Å². The Hall–Kier alpha value is -0.670. The first-order valence-electron chi connectivity index (χ1n) is 9.64. The van der Waals surface area contributed by atoms with Crippen LogP contribution in [-0.2, 0) is 9.53 Å². The van der Waals surface area contributed by atoms with E-state index in [1.807, 2.05) is 0 Å². The van der Waals surface area contributed by atoms with E-state index in [0.717, 1.165) is 18.9 Å². The van der Waals surface area contributed by atoms with Gasteiger partial charge in [-0.3, -0.25) is 9.69 Å². The van der Waals surface area contributed by atoms with Crippen molar-refractivity contribution in [3.63, 3.8) is 0 Å². The van der Waals surface area contributed by atoms with Gasteiger partial charge in [-0.25, -0.2) is 0 Å². The highest BCUT2D eigenvalue weighted by Gasteiger charge is 2.49. The zero-order valence-electron chi connectivity index (χ0n) is 15.1. The molecule has 2 fully saturated rings. The standard InChI is InChI=1S/C20H33NO2/c1-4-5-6-7-19-20-18-10-14(2)8-9-16(18)12-21(20)13-17(23-19)11-15(3)22/h10,16-20H,4-9,11-13H2,1-3H3/t16-,17+,18-,19+,20-/m1/s1. The van der Waals surface area contributed by atoms with Crippen LogP contribution in [0.2, 0.25) is 0 Å². The van der Waals surface area contributed by atoms with E-state index in [1.54, 1.807) is 12.5 Å². The summed E-state index contributed by atoms with van der Waals surface area (Å²) in [4.78, 5) is 14.2. The van der Waals surface area contributed by atoms with Gasteiger partial charge in [0.2, 0.25) is 0 Å². The Kier molecular flexibility index (Phi) is 5.58. The summed E-state index contributed by atoms with van der Waals surface area (Å²) >= 11 is 0. The van der Waals surface area contributed by atoms with Crippen molar-refractivity contribution in [1.29, 1.82) is 0 Å². The lowest BCUT2D eigenvalue weighted by Crippen LogP contribution is -2.54. The van der Waals surface area contributed by atoms with E-state index in [1.165, 1.54) is 38.6 Å². The maximum Gasteiger partial charge on any atom is 0.132 e. The number of hydrogen-bond acceptors (Lipinski definition) is 3. The van der Waals surface area contributed by atoms with E-state index >= 15 is 0 Å². The number of Topliss-reactive ketones (excluding diaryl/α,β-unsaturated/α-hetero) is 1. The molecule has 3 rings (SSSR count). The van der Waals surface area contributed by atoms with E-state index in [-0.39, 0.29) is 11.9 Å². The van der Waals surface area contributed by atoms with Crippen molar-refractivity contribution in [3.8, 4) is 0 Å². The van der Waals surface area contributed by atoms with Gasteiger partial charge in [0, 0.05) is 25.6 Å². The normalized spacial score (nSPS) is 37.2. The Balaban J connectivity index is 1.74. The number of ketones is 1. The Morgan fingerprint density at radius 2 is 2.17 bits per heavy atom. The fraction of sp³-hybridized carbons (Fsp3) is 0.850. The van der Waals surface area contributed by atoms with Gasteiger partial charge in [0.25, 0.3) is 0 Å². The predicted molar refractivity (Wildman–Crippen MR) is 93.4 cm³/mol. The average Bonchev–Trinajstić information content (AvgIpc) is 2.84. The molecular formula is C20H33NO2. The summed E-state index contributed by atoms with van der Waals surface area (Å²) in [6.07, 6.45) is 11.1. The van der Waals surface area contributed by atoms with Crippen molar-refractivity contribution in [3.05, 3.63) is 11.6 Å². The van der Waals surface area contributed by atoms with Crippen molar-refractivity contribution >= 4 is 5.78 Å². The second kappa shape index (κ2) is 7.48. The van der Waals surface area contributed by atoms with Crippen molar-refractivity contribution < 1.29 is 9.53 Å². The van der Waals surface area contributed by atoms with Crippen molar-refractivity contribution in [2.45, 2.75) is 84.0 Å². The van der Waals surface area contributed by atoms with Gasteiger partial charge in [-0.2, -0.15) is 0 Å². The van der Waals surface area contributed by atoms with Crippen LogP contribution in [0.15, 0.2) is 11.6 Å². The summed E-state index contributed by atoms with van der Waals surface area (Å²) in [5.41, 5.74) is 1.56. The first-order chi connectivity index (χ1) is 11.1. The first-order valence-corrected chi connectivity index (χ1v) is 9.64. The number of allylic oxidation sites excluding steroid dienone is 1. The van der Waals surface area contributed by atoms with Gasteiger partial charge in [-0.15, -0.1) is 0 Å². The lowest BCUT2D eigenvalue weighted by Gasteiger charge is -2.43. The quantitative estimate of drug-likeness (QED) is 0.548. The van der Waals surface area contributed by atoms with Crippen molar-refractivity contribution in [1.82, 2.24) is 4.90 Å². The monoisotopic (exact) mass is 319 g/mol. The summed E-state index contributed by atoms with van der Waals surface area (Å²) in [5, 5.41) is 0. The minimum atomic E-state index is 0.112. The van der Waals surface area contributed by atoms with Crippen molar-refractivity contribution in [2.24, 2.45) is 11.8 Å². The van der Waals surface area contributed by atoms with Crippen LogP contribution in [0, 0.1) is 11.8 Å². The molecule has 2 heterocycles. The summed E-state index contributed by atoms with van der Waals surface area (Å²) in [6, 6.07) is 0.551. The van der Waals surface area contributed by atoms with Crippen LogP contribution >= 0.6 is 0 Å². The van der Waals surface area contributed by atoms with Gasteiger partial charge in [0.1, 0.15) is 5.78 Å². The number of morpholine rings is 1. The Labute approximate surface area is 141 Å². The summed E-state index contributed by atoms with van der Waals surface area (Å²) in [5.74, 6) is 1.74. The number of carbonyl (C=O) groups is 1. The third kappa shape index (κ3) is 3.88. The molecule has 130 valence electrons. The molecule has 3 heteroatoms. The fourth-order valence-corrected chi connectivity index (χ4v) is 4.99. The first kappa shape index (κ1) is 17.2. The number of ether oxygens (including phenoxy) is 1. The summed E-state index contributed by atoms with van der Waals surface area (Å²) < 4.78 is 6.45. The summed E-state index contributed by atoms with van der Waals surface area (Å²) in [7, 11) is 0. The fourth-order valence-electron chi connectivity index (χ4n) is 4.99. The van der Waals surface area contributed by atoms with Gasteiger partial charge < -0.3 is 4.74 Å². The molecule has 0 radical (unpaired) electrons. The minimum Gasteiger partial charge on any atom is -0.372 e. The molecule has 0 aromatic rings. The molecule has 1 aliphatic carbocycles. The van der Waals surface area contributed by atoms with Crippen LogP contribution in [0.4, 0.5) is 0 Å². The SMILES string of the molecule is CCCCC[C@@H]1O[C@@H](CC(C)=O)CN2C[C@H]3CCC(C)=C[C@H]3[C@H]12. The molecule has 3 nitrogen and oxygen atoms in total. The molecule has 0 unspecified atom stereocenters. The number of fused-ring (bicyclic) bond motifs is 3. The second-order valence-electron chi connectivity index (χ2n) is 8.03. The Morgan fingerprint density at radius 3 is 2.91 bits per heavy atom. The maximum atomic E-state index is 11.6. The molecule has 0 N–H and O–H groups in total. The molecule has 23 heavy (non-hydrogen) atoms. The molecule has 3 aliphatic rings. The van der Waals surface area contributed by atoms with E-state index < -0.39 is 0 Å². The van der Waals surface area contributed by atoms with Crippen LogP contribution < -0.4 is 0 Å². The highest BCUT2D eigenvalue weighted by Crippen LogP contribution is 2.44. The number of rotatable bonds is 6. The minimum absolute atomic E-state index is 0.112. The molecular weight excluding hydrogens is 286 g/mol. The summed E-state index contributed by atoms with van der Waals surface area (Å²) in [6.45, 7) is 8.39. The highest BCUT2D eigenvalue weighted by molar-refractivity contribution is 5.76. The van der Waals surface area contributed by atoms with Crippen LogP contribution in [0.1, 0.15) is 65.7 Å². The van der Waals surface area contributed by atoms with Gasteiger partial charge >= 0.3 is 0 Å². The molecule has 0 aromatic heterocycles. The van der Waals surface area contributed by atoms with Crippen LogP contribution in [0.5, 0.6) is 0 Å². The number of unbranched alkanes of at least 4 members (excludes halogenated alkanes) is 2. The predicted octanol–water partition coefficient (Wildman–Crippen LogP) is 3.97. The maximum absolute atomic E-state index is 11.6. The Bertz CT molecular complexity index is 459. The Morgan fingerprint density at radius 1 is 1.35 bits per heavy atom. The number of nitrogens with zero attached hydrogens (tertiary/aromatic N) is 1. The zero-order valence-corrected chi connectivity index (χ0v) is 15.1. The molecule has 2 aliphatic heterocycles. The molecule has 0 bridgehead atoms. The van der Waals surface area contributed by atoms with Crippen LogP contribution in [0.3, 0.4) is 0 Å². The molecule has 0 aromatic carbocycles. The number of carbonyl (C=O) groups excluding carboxylic acids is 1. The average molecular weight is 319 g/mol. The third-order valence-electron chi connectivity index (χ3n) is 6.01. The molecule has 2 saturated heterocycles. The second-order valence-corrected chi connectivity index (χ2v) is 8.03. The van der Waals surface area contributed by atoms with Gasteiger partial charge in [-0.1, -0.05) is 37.8 Å². The van der Waals surface area contributed by atoms with E-state index in [0.29, 0.717) is 24.5 Å². The molecule has 0 saturated carbocycles. The van der Waals surface area contributed by atoms with E-state index in [4.69, 9.17) is 4.74 Å². The zero-order chi connectivity index (χ0) is 16.4. The third-order valence-corrected chi connectivity index (χ3v) is 6.01. The van der Waals surface area contributed by atoms with Crippen LogP contribution in [-0.4, -0.2) is 42.0 Å². The van der Waals surface area contributed by atoms with Crippen LogP contribution in [0.25, 0.3) is 0 Å². The van der Waals surface area contributed by atoms with E-state index in [2.05, 4.69) is 24.8 Å². The van der Waals surface area contributed by atoms with Gasteiger partial charge in [0.05, 0.1) is 12.2 Å². The molecule has 5 atom stereocenters. The largest absolute Gasteiger partial charge is 0.372 e. The van der Waals surface area contributed by atoms with Gasteiger partial charge in [-0.05, 0) is 44.9 Å². The lowest BCUT2D eigenvalue weighted by molar-refractivity contribution is -0.135. The smallest absolute Gasteiger partial charge is 0.132 e. The van der Waals surface area contributed by atoms with Gasteiger partial charge in [0.15, 0.2) is 0 Å². The highest BCUT2D eigenvalue weighted by atomic mass is 16.5.